The third kappa shape index (κ3) is 4.51. The van der Waals surface area contributed by atoms with Gasteiger partial charge < -0.3 is 5.32 Å². The number of benzene rings is 2. The lowest BCUT2D eigenvalue weighted by Crippen LogP contribution is -2.42. The number of halogens is 1. The molecule has 0 saturated carbocycles. The molecule has 0 aromatic heterocycles. The van der Waals surface area contributed by atoms with E-state index in [1.165, 1.54) is 24.3 Å². The second kappa shape index (κ2) is 8.00. The molecule has 1 aliphatic rings. The fraction of sp³-hybridized carbons (Fsp3) is 0.350. The Morgan fingerprint density at radius 2 is 1.63 bits per heavy atom. The number of carbonyl (C=O) groups is 1. The third-order valence-corrected chi connectivity index (χ3v) is 6.89. The van der Waals surface area contributed by atoms with E-state index < -0.39 is 10.0 Å². The SMILES string of the molecule is C[C@H]1C[C@H](C)CN(S(=O)(=O)c2ccc(C(=O)Nc3ccccc3Cl)cc2)C1. The van der Waals surface area contributed by atoms with Gasteiger partial charge in [-0.25, -0.2) is 8.42 Å². The molecular formula is C20H23ClN2O3S. The van der Waals surface area contributed by atoms with Crippen molar-refractivity contribution in [2.75, 3.05) is 18.4 Å². The summed E-state index contributed by atoms with van der Waals surface area (Å²) in [6, 6.07) is 13.0. The number of para-hydroxylation sites is 1. The van der Waals surface area contributed by atoms with Crippen molar-refractivity contribution >= 4 is 33.2 Å². The van der Waals surface area contributed by atoms with E-state index in [2.05, 4.69) is 19.2 Å². The topological polar surface area (TPSA) is 66.5 Å². The first-order valence-electron chi connectivity index (χ1n) is 8.93. The summed E-state index contributed by atoms with van der Waals surface area (Å²) in [4.78, 5) is 12.6. The number of hydrogen-bond donors (Lipinski definition) is 1. The number of anilines is 1. The van der Waals surface area contributed by atoms with Crippen LogP contribution in [0.5, 0.6) is 0 Å². The third-order valence-electron chi connectivity index (χ3n) is 4.71. The van der Waals surface area contributed by atoms with Crippen molar-refractivity contribution < 1.29 is 13.2 Å². The Morgan fingerprint density at radius 3 is 2.22 bits per heavy atom. The highest BCUT2D eigenvalue weighted by atomic mass is 35.5. The Labute approximate surface area is 165 Å². The van der Waals surface area contributed by atoms with Crippen LogP contribution in [0.3, 0.4) is 0 Å². The van der Waals surface area contributed by atoms with Crippen LogP contribution in [-0.2, 0) is 10.0 Å². The molecule has 0 bridgehead atoms. The van der Waals surface area contributed by atoms with E-state index in [1.807, 2.05) is 0 Å². The molecule has 7 heteroatoms. The predicted octanol–water partition coefficient (Wildman–Crippen LogP) is 4.26. The number of piperidine rings is 1. The van der Waals surface area contributed by atoms with Crippen molar-refractivity contribution in [2.45, 2.75) is 25.2 Å². The minimum Gasteiger partial charge on any atom is -0.321 e. The minimum atomic E-state index is -3.56. The molecule has 0 spiro atoms. The predicted molar refractivity (Wildman–Crippen MR) is 108 cm³/mol. The Hall–Kier alpha value is -1.89. The number of nitrogens with one attached hydrogen (secondary N) is 1. The summed E-state index contributed by atoms with van der Waals surface area (Å²) in [6.07, 6.45) is 1.03. The molecule has 1 fully saturated rings. The molecule has 2 atom stereocenters. The van der Waals surface area contributed by atoms with Crippen LogP contribution in [-0.4, -0.2) is 31.7 Å². The van der Waals surface area contributed by atoms with Crippen molar-refractivity contribution in [3.63, 3.8) is 0 Å². The molecule has 2 aromatic carbocycles. The van der Waals surface area contributed by atoms with Crippen LogP contribution in [0.1, 0.15) is 30.6 Å². The molecule has 3 rings (SSSR count). The zero-order chi connectivity index (χ0) is 19.6. The van der Waals surface area contributed by atoms with E-state index in [-0.39, 0.29) is 10.8 Å². The lowest BCUT2D eigenvalue weighted by atomic mass is 9.94. The van der Waals surface area contributed by atoms with Gasteiger partial charge in [0.2, 0.25) is 10.0 Å². The average Bonchev–Trinajstić information content (AvgIpc) is 2.63. The molecule has 1 N–H and O–H groups in total. The molecule has 0 radical (unpaired) electrons. The zero-order valence-corrected chi connectivity index (χ0v) is 16.9. The van der Waals surface area contributed by atoms with Crippen molar-refractivity contribution in [3.8, 4) is 0 Å². The molecule has 1 saturated heterocycles. The second-order valence-electron chi connectivity index (χ2n) is 7.23. The largest absolute Gasteiger partial charge is 0.321 e. The van der Waals surface area contributed by atoms with Crippen molar-refractivity contribution in [1.82, 2.24) is 4.31 Å². The highest BCUT2D eigenvalue weighted by Crippen LogP contribution is 2.27. The Balaban J connectivity index is 1.76. The molecule has 144 valence electrons. The van der Waals surface area contributed by atoms with Crippen LogP contribution in [0.15, 0.2) is 53.4 Å². The fourth-order valence-corrected chi connectivity index (χ4v) is 5.35. The standard InChI is InChI=1S/C20H23ClN2O3S/c1-14-11-15(2)13-23(12-14)27(25,26)17-9-7-16(8-10-17)20(24)22-19-6-4-3-5-18(19)21/h3-10,14-15H,11-13H2,1-2H3,(H,22,24)/t14-,15-/m0/s1. The van der Waals surface area contributed by atoms with Crippen molar-refractivity contribution in [1.29, 1.82) is 0 Å². The van der Waals surface area contributed by atoms with E-state index >= 15 is 0 Å². The van der Waals surface area contributed by atoms with E-state index in [9.17, 15) is 13.2 Å². The number of sulfonamides is 1. The van der Waals surface area contributed by atoms with Crippen LogP contribution in [0.2, 0.25) is 5.02 Å². The van der Waals surface area contributed by atoms with Gasteiger partial charge in [0.05, 0.1) is 15.6 Å². The summed E-state index contributed by atoms with van der Waals surface area (Å²) >= 11 is 6.05. The summed E-state index contributed by atoms with van der Waals surface area (Å²) in [5.74, 6) is 0.334. The van der Waals surface area contributed by atoms with Crippen molar-refractivity contribution in [2.24, 2.45) is 11.8 Å². The zero-order valence-electron chi connectivity index (χ0n) is 15.4. The molecule has 1 aliphatic heterocycles. The lowest BCUT2D eigenvalue weighted by Gasteiger charge is -2.34. The summed E-state index contributed by atoms with van der Waals surface area (Å²) in [5, 5.41) is 3.17. The molecule has 5 nitrogen and oxygen atoms in total. The smallest absolute Gasteiger partial charge is 0.255 e. The summed E-state index contributed by atoms with van der Waals surface area (Å²) in [7, 11) is -3.56. The molecule has 1 heterocycles. The molecule has 1 amide bonds. The highest BCUT2D eigenvalue weighted by Gasteiger charge is 2.31. The molecule has 27 heavy (non-hydrogen) atoms. The van der Waals surface area contributed by atoms with Gasteiger partial charge in [-0.3, -0.25) is 4.79 Å². The van der Waals surface area contributed by atoms with Gasteiger partial charge in [0.15, 0.2) is 0 Å². The molecular weight excluding hydrogens is 384 g/mol. The van der Waals surface area contributed by atoms with Crippen LogP contribution >= 0.6 is 11.6 Å². The van der Waals surface area contributed by atoms with Gasteiger partial charge in [-0.1, -0.05) is 37.6 Å². The maximum atomic E-state index is 12.9. The van der Waals surface area contributed by atoms with E-state index in [0.717, 1.165) is 6.42 Å². The Bertz CT molecular complexity index is 918. The Morgan fingerprint density at radius 1 is 1.04 bits per heavy atom. The first-order chi connectivity index (χ1) is 12.8. The van der Waals surface area contributed by atoms with E-state index in [0.29, 0.717) is 41.2 Å². The van der Waals surface area contributed by atoms with Crippen LogP contribution < -0.4 is 5.32 Å². The number of carbonyl (C=O) groups excluding carboxylic acids is 1. The highest BCUT2D eigenvalue weighted by molar-refractivity contribution is 7.89. The second-order valence-corrected chi connectivity index (χ2v) is 9.57. The average molecular weight is 407 g/mol. The van der Waals surface area contributed by atoms with Gasteiger partial charge in [0.25, 0.3) is 5.91 Å². The number of amides is 1. The summed E-state index contributed by atoms with van der Waals surface area (Å²) in [5.41, 5.74) is 0.881. The first kappa shape index (κ1) is 19.9. The molecule has 2 aromatic rings. The van der Waals surface area contributed by atoms with Gasteiger partial charge in [-0.2, -0.15) is 4.31 Å². The summed E-state index contributed by atoms with van der Waals surface area (Å²) < 4.78 is 27.4. The first-order valence-corrected chi connectivity index (χ1v) is 10.8. The fourth-order valence-electron chi connectivity index (χ4n) is 3.49. The van der Waals surface area contributed by atoms with Crippen LogP contribution in [0.25, 0.3) is 0 Å². The monoisotopic (exact) mass is 406 g/mol. The van der Waals surface area contributed by atoms with Gasteiger partial charge >= 0.3 is 0 Å². The lowest BCUT2D eigenvalue weighted by molar-refractivity contribution is 0.102. The number of rotatable bonds is 4. The molecule has 0 aliphatic carbocycles. The van der Waals surface area contributed by atoms with Gasteiger partial charge in [0.1, 0.15) is 0 Å². The maximum Gasteiger partial charge on any atom is 0.255 e. The quantitative estimate of drug-likeness (QED) is 0.824. The summed E-state index contributed by atoms with van der Waals surface area (Å²) in [6.45, 7) is 5.20. The number of nitrogens with zero attached hydrogens (tertiary/aromatic N) is 1. The minimum absolute atomic E-state index is 0.207. The Kier molecular flexibility index (Phi) is 5.89. The number of hydrogen-bond acceptors (Lipinski definition) is 3. The van der Waals surface area contributed by atoms with Gasteiger partial charge in [0, 0.05) is 18.7 Å². The normalized spacial score (nSPS) is 21.0. The van der Waals surface area contributed by atoms with Crippen molar-refractivity contribution in [3.05, 3.63) is 59.1 Å². The van der Waals surface area contributed by atoms with E-state index in [4.69, 9.17) is 11.6 Å². The molecule has 0 unspecified atom stereocenters. The van der Waals surface area contributed by atoms with Gasteiger partial charge in [-0.15, -0.1) is 0 Å². The van der Waals surface area contributed by atoms with Gasteiger partial charge in [-0.05, 0) is 54.7 Å². The van der Waals surface area contributed by atoms with E-state index in [1.54, 1.807) is 28.6 Å². The maximum absolute atomic E-state index is 12.9. The van der Waals surface area contributed by atoms with Crippen LogP contribution in [0.4, 0.5) is 5.69 Å². The van der Waals surface area contributed by atoms with Crippen LogP contribution in [0, 0.1) is 11.8 Å².